The van der Waals surface area contributed by atoms with Crippen LogP contribution in [0.25, 0.3) is 0 Å². The van der Waals surface area contributed by atoms with Crippen LogP contribution >= 0.6 is 24.0 Å². The molecule has 26 heavy (non-hydrogen) atoms. The van der Waals surface area contributed by atoms with Gasteiger partial charge in [-0.25, -0.2) is 0 Å². The lowest BCUT2D eigenvalue weighted by molar-refractivity contribution is -0.146. The van der Waals surface area contributed by atoms with Gasteiger partial charge < -0.3 is 19.9 Å². The van der Waals surface area contributed by atoms with E-state index in [0.717, 1.165) is 38.2 Å². The molecule has 0 bridgehead atoms. The molecule has 150 valence electrons. The van der Waals surface area contributed by atoms with Gasteiger partial charge in [-0.1, -0.05) is 19.8 Å². The van der Waals surface area contributed by atoms with Crippen molar-refractivity contribution < 1.29 is 14.3 Å². The summed E-state index contributed by atoms with van der Waals surface area (Å²) in [4.78, 5) is 32.8. The number of esters is 1. The topological polar surface area (TPSA) is 74.2 Å². The van der Waals surface area contributed by atoms with Crippen LogP contribution < -0.4 is 5.32 Å². The van der Waals surface area contributed by atoms with Gasteiger partial charge in [0.05, 0.1) is 18.4 Å². The summed E-state index contributed by atoms with van der Waals surface area (Å²) in [5.41, 5.74) is -0.341. The van der Waals surface area contributed by atoms with E-state index >= 15 is 0 Å². The predicted octanol–water partition coefficient (Wildman–Crippen LogP) is 1.57. The highest BCUT2D eigenvalue weighted by atomic mass is 127. The second-order valence-corrected chi connectivity index (χ2v) is 7.60. The molecule has 1 aliphatic heterocycles. The molecule has 1 saturated carbocycles. The van der Waals surface area contributed by atoms with E-state index in [9.17, 15) is 9.59 Å². The summed E-state index contributed by atoms with van der Waals surface area (Å²) in [6.07, 6.45) is 4.00. The van der Waals surface area contributed by atoms with Crippen molar-refractivity contribution in [3.8, 4) is 0 Å². The van der Waals surface area contributed by atoms with Crippen molar-refractivity contribution in [2.24, 2.45) is 22.2 Å². The van der Waals surface area contributed by atoms with Gasteiger partial charge in [-0.3, -0.25) is 14.6 Å². The Hall–Kier alpha value is -1.06. The summed E-state index contributed by atoms with van der Waals surface area (Å²) in [7, 11) is 6.82. The minimum Gasteiger partial charge on any atom is -0.469 e. The Morgan fingerprint density at radius 2 is 1.88 bits per heavy atom. The van der Waals surface area contributed by atoms with Crippen LogP contribution in [0.5, 0.6) is 0 Å². The number of hydrogen-bond donors (Lipinski definition) is 1. The molecule has 2 fully saturated rings. The van der Waals surface area contributed by atoms with Crippen molar-refractivity contribution in [1.82, 2.24) is 15.1 Å². The Labute approximate surface area is 173 Å². The predicted molar refractivity (Wildman–Crippen MR) is 113 cm³/mol. The zero-order valence-corrected chi connectivity index (χ0v) is 18.9. The Bertz CT molecular complexity index is 533. The second kappa shape index (κ2) is 9.75. The van der Waals surface area contributed by atoms with Crippen LogP contribution in [0.15, 0.2) is 4.99 Å². The number of ether oxygens (including phenoxy) is 1. The number of carbonyl (C=O) groups is 2. The van der Waals surface area contributed by atoms with Gasteiger partial charge in [0.25, 0.3) is 0 Å². The molecule has 0 radical (unpaired) electrons. The first-order chi connectivity index (χ1) is 11.8. The lowest BCUT2D eigenvalue weighted by Crippen LogP contribution is -2.50. The third-order valence-electron chi connectivity index (χ3n) is 5.63. The number of amides is 1. The number of carbonyl (C=O) groups excluding carboxylic acids is 2. The fraction of sp³-hybridized carbons (Fsp3) is 0.833. The van der Waals surface area contributed by atoms with Crippen molar-refractivity contribution in [2.45, 2.75) is 32.6 Å². The normalized spacial score (nSPS) is 24.8. The quantitative estimate of drug-likeness (QED) is 0.286. The van der Waals surface area contributed by atoms with Crippen LogP contribution in [0.3, 0.4) is 0 Å². The molecule has 2 rings (SSSR count). The number of rotatable bonds is 4. The number of nitrogens with zero attached hydrogens (tertiary/aromatic N) is 3. The van der Waals surface area contributed by atoms with Crippen molar-refractivity contribution >= 4 is 41.8 Å². The molecule has 1 aliphatic carbocycles. The zero-order chi connectivity index (χ0) is 18.6. The Morgan fingerprint density at radius 1 is 1.27 bits per heavy atom. The molecule has 2 atom stereocenters. The minimum atomic E-state index is -0.341. The average molecular weight is 480 g/mol. The molecule has 0 aromatic rings. The lowest BCUT2D eigenvalue weighted by Gasteiger charge is -2.32. The SMILES string of the molecule is CN=C(NCC1(C(=O)N(C)C)CCCC1)N1CC(C)C(C(=O)OC)C1.I. The van der Waals surface area contributed by atoms with E-state index in [1.807, 2.05) is 14.1 Å². The Balaban J connectivity index is 0.00000338. The Morgan fingerprint density at radius 3 is 2.38 bits per heavy atom. The highest BCUT2D eigenvalue weighted by Crippen LogP contribution is 2.39. The summed E-state index contributed by atoms with van der Waals surface area (Å²) >= 11 is 0. The van der Waals surface area contributed by atoms with Gasteiger partial charge in [0, 0.05) is 40.8 Å². The fourth-order valence-electron chi connectivity index (χ4n) is 4.17. The van der Waals surface area contributed by atoms with Gasteiger partial charge in [-0.05, 0) is 18.8 Å². The van der Waals surface area contributed by atoms with Crippen LogP contribution in [0.1, 0.15) is 32.6 Å². The van der Waals surface area contributed by atoms with Gasteiger partial charge in [0.15, 0.2) is 5.96 Å². The minimum absolute atomic E-state index is 0. The zero-order valence-electron chi connectivity index (χ0n) is 16.6. The number of likely N-dealkylation sites (tertiary alicyclic amines) is 1. The summed E-state index contributed by atoms with van der Waals surface area (Å²) < 4.78 is 4.91. The van der Waals surface area contributed by atoms with E-state index < -0.39 is 0 Å². The number of hydrogen-bond acceptors (Lipinski definition) is 4. The molecule has 8 heteroatoms. The van der Waals surface area contributed by atoms with Crippen LogP contribution in [-0.4, -0.2) is 75.5 Å². The van der Waals surface area contributed by atoms with Gasteiger partial charge in [-0.15, -0.1) is 24.0 Å². The largest absolute Gasteiger partial charge is 0.469 e. The molecule has 0 spiro atoms. The Kier molecular flexibility index (Phi) is 8.62. The molecule has 7 nitrogen and oxygen atoms in total. The third-order valence-corrected chi connectivity index (χ3v) is 5.63. The number of guanidine groups is 1. The molecular formula is C18H33IN4O3. The first kappa shape index (κ1) is 23.0. The van der Waals surface area contributed by atoms with Crippen molar-refractivity contribution in [1.29, 1.82) is 0 Å². The molecule has 1 N–H and O–H groups in total. The van der Waals surface area contributed by atoms with E-state index in [0.29, 0.717) is 13.1 Å². The third kappa shape index (κ3) is 4.80. The van der Waals surface area contributed by atoms with E-state index in [1.165, 1.54) is 7.11 Å². The first-order valence-corrected chi connectivity index (χ1v) is 9.10. The molecule has 0 aromatic carbocycles. The van der Waals surface area contributed by atoms with E-state index in [-0.39, 0.29) is 53.1 Å². The number of halogens is 1. The second-order valence-electron chi connectivity index (χ2n) is 7.60. The number of nitrogens with one attached hydrogen (secondary N) is 1. The van der Waals surface area contributed by atoms with Crippen LogP contribution in [0.2, 0.25) is 0 Å². The van der Waals surface area contributed by atoms with Crippen molar-refractivity contribution in [2.75, 3.05) is 47.9 Å². The fourth-order valence-corrected chi connectivity index (χ4v) is 4.17. The smallest absolute Gasteiger partial charge is 0.310 e. The highest BCUT2D eigenvalue weighted by Gasteiger charge is 2.43. The maximum atomic E-state index is 12.7. The van der Waals surface area contributed by atoms with Crippen LogP contribution in [-0.2, 0) is 14.3 Å². The summed E-state index contributed by atoms with van der Waals surface area (Å²) in [5, 5.41) is 3.40. The number of methoxy groups -OCH3 is 1. The van der Waals surface area contributed by atoms with Gasteiger partial charge >= 0.3 is 5.97 Å². The highest BCUT2D eigenvalue weighted by molar-refractivity contribution is 14.0. The van der Waals surface area contributed by atoms with Crippen LogP contribution in [0, 0.1) is 17.3 Å². The number of aliphatic imine (C=N–C) groups is 1. The molecule has 1 saturated heterocycles. The van der Waals surface area contributed by atoms with E-state index in [1.54, 1.807) is 11.9 Å². The standard InChI is InChI=1S/C18H32N4O3.HI/c1-13-10-22(11-14(13)15(23)25-5)17(19-2)20-12-18(8-6-7-9-18)16(24)21(3)4;/h13-14H,6-12H2,1-5H3,(H,19,20);1H. The maximum Gasteiger partial charge on any atom is 0.310 e. The summed E-state index contributed by atoms with van der Waals surface area (Å²) in [6, 6.07) is 0. The summed E-state index contributed by atoms with van der Waals surface area (Å²) in [5.74, 6) is 0.869. The van der Waals surface area contributed by atoms with E-state index in [4.69, 9.17) is 4.74 Å². The first-order valence-electron chi connectivity index (χ1n) is 9.10. The molecule has 2 aliphatic rings. The maximum absolute atomic E-state index is 12.7. The average Bonchev–Trinajstić information content (AvgIpc) is 3.22. The van der Waals surface area contributed by atoms with Gasteiger partial charge in [0.1, 0.15) is 0 Å². The van der Waals surface area contributed by atoms with Crippen LogP contribution in [0.4, 0.5) is 0 Å². The van der Waals surface area contributed by atoms with Gasteiger partial charge in [-0.2, -0.15) is 0 Å². The molecular weight excluding hydrogens is 447 g/mol. The molecule has 1 heterocycles. The molecule has 0 aromatic heterocycles. The van der Waals surface area contributed by atoms with Gasteiger partial charge in [0.2, 0.25) is 5.91 Å². The van der Waals surface area contributed by atoms with Crippen molar-refractivity contribution in [3.05, 3.63) is 0 Å². The molecule has 1 amide bonds. The molecule has 2 unspecified atom stereocenters. The van der Waals surface area contributed by atoms with E-state index in [2.05, 4.69) is 22.1 Å². The van der Waals surface area contributed by atoms with Crippen molar-refractivity contribution in [3.63, 3.8) is 0 Å². The summed E-state index contributed by atoms with van der Waals surface area (Å²) in [6.45, 7) is 4.00. The lowest BCUT2D eigenvalue weighted by atomic mass is 9.84. The monoisotopic (exact) mass is 480 g/mol.